The van der Waals surface area contributed by atoms with Gasteiger partial charge in [-0.25, -0.2) is 13.1 Å². The number of carbonyl (C=O) groups excluding carboxylic acids is 1. The van der Waals surface area contributed by atoms with Gasteiger partial charge in [0.25, 0.3) is 0 Å². The number of sulfonamides is 1. The van der Waals surface area contributed by atoms with E-state index in [1.807, 2.05) is 49.4 Å². The number of fused-ring (bicyclic) bond motifs is 2. The molecule has 4 rings (SSSR count). The number of amides is 1. The maximum absolute atomic E-state index is 13.0. The Labute approximate surface area is 165 Å². The van der Waals surface area contributed by atoms with E-state index in [1.165, 1.54) is 6.92 Å². The molecular weight excluding hydrogens is 372 g/mol. The number of hydrogen-bond acceptors (Lipinski definition) is 3. The first kappa shape index (κ1) is 18.7. The molecular formula is C22H22N2O3S. The minimum atomic E-state index is -3.69. The lowest BCUT2D eigenvalue weighted by atomic mass is 10.0. The van der Waals surface area contributed by atoms with Gasteiger partial charge in [-0.1, -0.05) is 42.5 Å². The van der Waals surface area contributed by atoms with Gasteiger partial charge in [0.2, 0.25) is 15.9 Å². The van der Waals surface area contributed by atoms with E-state index in [0.29, 0.717) is 13.0 Å². The zero-order valence-corrected chi connectivity index (χ0v) is 16.7. The SMILES string of the molecule is CC(=O)N1CCc2cc(S(=O)(=O)NC(C)c3cccc4ccccc34)ccc21. The average molecular weight is 394 g/mol. The lowest BCUT2D eigenvalue weighted by molar-refractivity contribution is -0.116. The molecule has 0 aromatic heterocycles. The van der Waals surface area contributed by atoms with Gasteiger partial charge in [-0.05, 0) is 53.4 Å². The van der Waals surface area contributed by atoms with Gasteiger partial charge >= 0.3 is 0 Å². The highest BCUT2D eigenvalue weighted by atomic mass is 32.2. The van der Waals surface area contributed by atoms with E-state index < -0.39 is 10.0 Å². The van der Waals surface area contributed by atoms with Crippen molar-refractivity contribution in [2.45, 2.75) is 31.2 Å². The van der Waals surface area contributed by atoms with Crippen LogP contribution in [0.5, 0.6) is 0 Å². The fourth-order valence-electron chi connectivity index (χ4n) is 3.86. The Morgan fingerprint density at radius 1 is 1.07 bits per heavy atom. The molecule has 0 bridgehead atoms. The van der Waals surface area contributed by atoms with Crippen LogP contribution in [-0.2, 0) is 21.2 Å². The third kappa shape index (κ3) is 3.30. The average Bonchev–Trinajstić information content (AvgIpc) is 3.10. The molecule has 3 aromatic rings. The van der Waals surface area contributed by atoms with Crippen molar-refractivity contribution in [3.8, 4) is 0 Å². The second-order valence-corrected chi connectivity index (χ2v) is 8.84. The predicted octanol–water partition coefficient (Wildman–Crippen LogP) is 3.79. The molecule has 3 aromatic carbocycles. The molecule has 0 saturated carbocycles. The van der Waals surface area contributed by atoms with Crippen molar-refractivity contribution in [2.75, 3.05) is 11.4 Å². The second-order valence-electron chi connectivity index (χ2n) is 7.12. The van der Waals surface area contributed by atoms with Crippen molar-refractivity contribution in [1.29, 1.82) is 0 Å². The summed E-state index contributed by atoms with van der Waals surface area (Å²) < 4.78 is 28.7. The molecule has 1 unspecified atom stereocenters. The summed E-state index contributed by atoms with van der Waals surface area (Å²) in [6, 6.07) is 18.4. The number of rotatable bonds is 4. The van der Waals surface area contributed by atoms with Gasteiger partial charge in [0.15, 0.2) is 0 Å². The molecule has 0 spiro atoms. The summed E-state index contributed by atoms with van der Waals surface area (Å²) in [5, 5.41) is 2.11. The van der Waals surface area contributed by atoms with Crippen molar-refractivity contribution >= 4 is 32.4 Å². The Bertz CT molecular complexity index is 1170. The Kier molecular flexibility index (Phi) is 4.69. The highest BCUT2D eigenvalue weighted by molar-refractivity contribution is 7.89. The third-order valence-electron chi connectivity index (χ3n) is 5.26. The molecule has 0 saturated heterocycles. The van der Waals surface area contributed by atoms with Crippen molar-refractivity contribution in [3.05, 3.63) is 71.8 Å². The van der Waals surface area contributed by atoms with Crippen LogP contribution in [0.3, 0.4) is 0 Å². The summed E-state index contributed by atoms with van der Waals surface area (Å²) in [6.07, 6.45) is 0.664. The largest absolute Gasteiger partial charge is 0.312 e. The second kappa shape index (κ2) is 7.04. The topological polar surface area (TPSA) is 66.5 Å². The highest BCUT2D eigenvalue weighted by Gasteiger charge is 2.26. The minimum Gasteiger partial charge on any atom is -0.312 e. The van der Waals surface area contributed by atoms with Crippen LogP contribution in [0.25, 0.3) is 10.8 Å². The van der Waals surface area contributed by atoms with Gasteiger partial charge in [0.1, 0.15) is 0 Å². The Morgan fingerprint density at radius 2 is 1.82 bits per heavy atom. The van der Waals surface area contributed by atoms with E-state index in [1.54, 1.807) is 23.1 Å². The maximum Gasteiger partial charge on any atom is 0.241 e. The molecule has 28 heavy (non-hydrogen) atoms. The third-order valence-corrected chi connectivity index (χ3v) is 6.80. The molecule has 1 atom stereocenters. The number of benzene rings is 3. The standard InChI is InChI=1S/C22H22N2O3S/c1-15(20-9-5-7-17-6-3-4-8-21(17)20)23-28(26,27)19-10-11-22-18(14-19)12-13-24(22)16(2)25/h3-11,14-15,23H,12-13H2,1-2H3. The van der Waals surface area contributed by atoms with Crippen LogP contribution in [0.2, 0.25) is 0 Å². The first-order valence-corrected chi connectivity index (χ1v) is 10.8. The summed E-state index contributed by atoms with van der Waals surface area (Å²) in [5.41, 5.74) is 2.62. The fraction of sp³-hybridized carbons (Fsp3) is 0.227. The highest BCUT2D eigenvalue weighted by Crippen LogP contribution is 2.31. The summed E-state index contributed by atoms with van der Waals surface area (Å²) in [7, 11) is -3.69. The predicted molar refractivity (Wildman–Crippen MR) is 111 cm³/mol. The minimum absolute atomic E-state index is 0.0305. The smallest absolute Gasteiger partial charge is 0.241 e. The van der Waals surface area contributed by atoms with Crippen molar-refractivity contribution < 1.29 is 13.2 Å². The Balaban J connectivity index is 1.63. The van der Waals surface area contributed by atoms with Crippen LogP contribution >= 0.6 is 0 Å². The summed E-state index contributed by atoms with van der Waals surface area (Å²) in [6.45, 7) is 3.96. The number of carbonyl (C=O) groups is 1. The summed E-state index contributed by atoms with van der Waals surface area (Å²) >= 11 is 0. The van der Waals surface area contributed by atoms with Gasteiger partial charge < -0.3 is 4.90 Å². The van der Waals surface area contributed by atoms with E-state index in [0.717, 1.165) is 27.6 Å². The molecule has 0 radical (unpaired) electrons. The molecule has 1 aliphatic rings. The van der Waals surface area contributed by atoms with E-state index in [2.05, 4.69) is 4.72 Å². The molecule has 1 heterocycles. The summed E-state index contributed by atoms with van der Waals surface area (Å²) in [5.74, 6) is -0.0305. The quantitative estimate of drug-likeness (QED) is 0.732. The van der Waals surface area contributed by atoms with E-state index in [-0.39, 0.29) is 16.8 Å². The number of nitrogens with one attached hydrogen (secondary N) is 1. The van der Waals surface area contributed by atoms with Crippen molar-refractivity contribution in [3.63, 3.8) is 0 Å². The van der Waals surface area contributed by atoms with Crippen LogP contribution in [0.1, 0.15) is 31.0 Å². The monoisotopic (exact) mass is 394 g/mol. The van der Waals surface area contributed by atoms with E-state index in [4.69, 9.17) is 0 Å². The zero-order chi connectivity index (χ0) is 19.9. The van der Waals surface area contributed by atoms with Gasteiger partial charge in [0, 0.05) is 25.2 Å². The van der Waals surface area contributed by atoms with Crippen LogP contribution in [0.15, 0.2) is 65.6 Å². The van der Waals surface area contributed by atoms with Gasteiger partial charge in [-0.2, -0.15) is 0 Å². The normalized spacial score (nSPS) is 14.9. The fourth-order valence-corrected chi connectivity index (χ4v) is 5.14. The van der Waals surface area contributed by atoms with Gasteiger partial charge in [-0.15, -0.1) is 0 Å². The first-order valence-electron chi connectivity index (χ1n) is 9.28. The van der Waals surface area contributed by atoms with E-state index in [9.17, 15) is 13.2 Å². The number of hydrogen-bond donors (Lipinski definition) is 1. The summed E-state index contributed by atoms with van der Waals surface area (Å²) in [4.78, 5) is 13.6. The molecule has 0 aliphatic carbocycles. The molecule has 1 N–H and O–H groups in total. The van der Waals surface area contributed by atoms with Crippen molar-refractivity contribution in [2.24, 2.45) is 0 Å². The van der Waals surface area contributed by atoms with Crippen LogP contribution in [0, 0.1) is 0 Å². The molecule has 1 amide bonds. The molecule has 0 fully saturated rings. The number of anilines is 1. The Hall–Kier alpha value is -2.70. The van der Waals surface area contributed by atoms with Crippen molar-refractivity contribution in [1.82, 2.24) is 4.72 Å². The van der Waals surface area contributed by atoms with Crippen LogP contribution < -0.4 is 9.62 Å². The first-order chi connectivity index (χ1) is 13.4. The molecule has 6 heteroatoms. The molecule has 1 aliphatic heterocycles. The van der Waals surface area contributed by atoms with Gasteiger partial charge in [-0.3, -0.25) is 4.79 Å². The van der Waals surface area contributed by atoms with E-state index >= 15 is 0 Å². The molecule has 144 valence electrons. The number of nitrogens with zero attached hydrogens (tertiary/aromatic N) is 1. The molecule has 5 nitrogen and oxygen atoms in total. The van der Waals surface area contributed by atoms with Gasteiger partial charge in [0.05, 0.1) is 4.90 Å². The maximum atomic E-state index is 13.0. The van der Waals surface area contributed by atoms with Crippen LogP contribution in [0.4, 0.5) is 5.69 Å². The van der Waals surface area contributed by atoms with Crippen LogP contribution in [-0.4, -0.2) is 20.9 Å². The lowest BCUT2D eigenvalue weighted by Gasteiger charge is -2.18. The zero-order valence-electron chi connectivity index (χ0n) is 15.8. The lowest BCUT2D eigenvalue weighted by Crippen LogP contribution is -2.27. The Morgan fingerprint density at radius 3 is 2.61 bits per heavy atom.